The maximum absolute atomic E-state index is 14.2. The van der Waals surface area contributed by atoms with Gasteiger partial charge in [0.1, 0.15) is 16.4 Å². The third-order valence-electron chi connectivity index (χ3n) is 3.08. The van der Waals surface area contributed by atoms with Gasteiger partial charge in [0.05, 0.1) is 7.11 Å². The number of benzene rings is 2. The second kappa shape index (κ2) is 6.05. The fourth-order valence-corrected chi connectivity index (χ4v) is 2.09. The van der Waals surface area contributed by atoms with Gasteiger partial charge in [-0.25, -0.2) is 8.78 Å². The van der Waals surface area contributed by atoms with E-state index in [2.05, 4.69) is 0 Å². The Morgan fingerprint density at radius 2 is 1.81 bits per heavy atom. The van der Waals surface area contributed by atoms with Gasteiger partial charge >= 0.3 is 0 Å². The minimum atomic E-state index is -0.733. The quantitative estimate of drug-likeness (QED) is 0.879. The molecule has 0 bridgehead atoms. The Balaban J connectivity index is 2.47. The lowest BCUT2D eigenvalue weighted by atomic mass is 10.1. The van der Waals surface area contributed by atoms with Crippen LogP contribution in [0.5, 0.6) is 5.75 Å². The molecule has 0 aliphatic heterocycles. The maximum Gasteiger partial charge on any atom is 0.150 e. The van der Waals surface area contributed by atoms with Crippen LogP contribution in [0.15, 0.2) is 36.4 Å². The summed E-state index contributed by atoms with van der Waals surface area (Å²) in [6, 6.07) is 9.14. The molecule has 0 saturated heterocycles. The number of halogens is 2. The molecule has 21 heavy (non-hydrogen) atoms. The molecule has 0 heterocycles. The summed E-state index contributed by atoms with van der Waals surface area (Å²) in [5.41, 5.74) is 5.97. The molecular formula is C15H14F2N2OS. The molecule has 2 aromatic carbocycles. The van der Waals surface area contributed by atoms with Gasteiger partial charge in [-0.3, -0.25) is 0 Å². The summed E-state index contributed by atoms with van der Waals surface area (Å²) in [4.78, 5) is 1.35. The van der Waals surface area contributed by atoms with E-state index in [1.807, 2.05) is 0 Å². The van der Waals surface area contributed by atoms with Crippen molar-refractivity contribution in [3.63, 3.8) is 0 Å². The van der Waals surface area contributed by atoms with Crippen molar-refractivity contribution in [1.82, 2.24) is 0 Å². The molecule has 0 aliphatic carbocycles. The molecule has 0 atom stereocenters. The first kappa shape index (κ1) is 15.2. The van der Waals surface area contributed by atoms with Crippen LogP contribution in [0, 0.1) is 11.6 Å². The van der Waals surface area contributed by atoms with Crippen molar-refractivity contribution in [2.24, 2.45) is 5.73 Å². The molecule has 2 aromatic rings. The van der Waals surface area contributed by atoms with Crippen molar-refractivity contribution in [1.29, 1.82) is 0 Å². The summed E-state index contributed by atoms with van der Waals surface area (Å²) >= 11 is 4.73. The van der Waals surface area contributed by atoms with E-state index in [-0.39, 0.29) is 16.2 Å². The summed E-state index contributed by atoms with van der Waals surface area (Å²) in [6.07, 6.45) is 0. The van der Waals surface area contributed by atoms with Crippen molar-refractivity contribution in [2.45, 2.75) is 0 Å². The number of nitrogens with two attached hydrogens (primary N) is 1. The predicted octanol–water partition coefficient (Wildman–Crippen LogP) is 3.38. The van der Waals surface area contributed by atoms with E-state index >= 15 is 0 Å². The van der Waals surface area contributed by atoms with E-state index in [9.17, 15) is 8.78 Å². The third kappa shape index (κ3) is 3.11. The summed E-state index contributed by atoms with van der Waals surface area (Å²) in [5.74, 6) is -0.869. The Kier molecular flexibility index (Phi) is 4.37. The average molecular weight is 308 g/mol. The Bertz CT molecular complexity index is 668. The van der Waals surface area contributed by atoms with Gasteiger partial charge in [0.25, 0.3) is 0 Å². The van der Waals surface area contributed by atoms with Crippen LogP contribution >= 0.6 is 12.2 Å². The molecule has 110 valence electrons. The van der Waals surface area contributed by atoms with Crippen LogP contribution < -0.4 is 15.4 Å². The lowest BCUT2D eigenvalue weighted by molar-refractivity contribution is 0.415. The maximum atomic E-state index is 14.2. The Morgan fingerprint density at radius 3 is 2.33 bits per heavy atom. The SMILES string of the molecule is COc1cccc(N(C)c2c(F)cc(C(N)=S)cc2F)c1. The van der Waals surface area contributed by atoms with Gasteiger partial charge in [-0.15, -0.1) is 0 Å². The highest BCUT2D eigenvalue weighted by Crippen LogP contribution is 2.31. The number of methoxy groups -OCH3 is 1. The van der Waals surface area contributed by atoms with Crippen LogP contribution in [-0.2, 0) is 0 Å². The van der Waals surface area contributed by atoms with Crippen molar-refractivity contribution in [2.75, 3.05) is 19.1 Å². The smallest absolute Gasteiger partial charge is 0.150 e. The van der Waals surface area contributed by atoms with Crippen LogP contribution in [0.1, 0.15) is 5.56 Å². The van der Waals surface area contributed by atoms with Crippen LogP contribution in [0.3, 0.4) is 0 Å². The van der Waals surface area contributed by atoms with Gasteiger partial charge < -0.3 is 15.4 Å². The summed E-state index contributed by atoms with van der Waals surface area (Å²) in [7, 11) is 3.09. The van der Waals surface area contributed by atoms with Crippen LogP contribution in [0.4, 0.5) is 20.2 Å². The fourth-order valence-electron chi connectivity index (χ4n) is 1.98. The first-order valence-corrected chi connectivity index (χ1v) is 6.51. The van der Waals surface area contributed by atoms with Crippen molar-refractivity contribution in [3.05, 3.63) is 53.6 Å². The molecule has 0 aromatic heterocycles. The first-order valence-electron chi connectivity index (χ1n) is 6.10. The van der Waals surface area contributed by atoms with Gasteiger partial charge in [-0.1, -0.05) is 18.3 Å². The van der Waals surface area contributed by atoms with Gasteiger partial charge in [0.2, 0.25) is 0 Å². The highest BCUT2D eigenvalue weighted by molar-refractivity contribution is 7.80. The Labute approximate surface area is 126 Å². The zero-order valence-corrected chi connectivity index (χ0v) is 12.4. The molecular weight excluding hydrogens is 294 g/mol. The standard InChI is InChI=1S/C15H14F2N2OS/c1-19(10-4-3-5-11(8-10)20-2)14-12(16)6-9(15(18)21)7-13(14)17/h3-8H,1-2H3,(H2,18,21). The van der Waals surface area contributed by atoms with Crippen molar-refractivity contribution >= 4 is 28.6 Å². The molecule has 3 nitrogen and oxygen atoms in total. The second-order valence-corrected chi connectivity index (χ2v) is 4.85. The molecule has 6 heteroatoms. The molecule has 0 unspecified atom stereocenters. The molecule has 0 radical (unpaired) electrons. The van der Waals surface area contributed by atoms with Gasteiger partial charge in [-0.05, 0) is 24.3 Å². The van der Waals surface area contributed by atoms with Gasteiger partial charge in [0, 0.05) is 24.4 Å². The number of nitrogens with zero attached hydrogens (tertiary/aromatic N) is 1. The van der Waals surface area contributed by atoms with E-state index in [1.54, 1.807) is 31.3 Å². The highest BCUT2D eigenvalue weighted by atomic mass is 32.1. The number of ether oxygens (including phenoxy) is 1. The fraction of sp³-hybridized carbons (Fsp3) is 0.133. The van der Waals surface area contributed by atoms with E-state index in [0.29, 0.717) is 11.4 Å². The predicted molar refractivity (Wildman–Crippen MR) is 83.3 cm³/mol. The normalized spacial score (nSPS) is 10.3. The van der Waals surface area contributed by atoms with E-state index in [4.69, 9.17) is 22.7 Å². The molecule has 0 spiro atoms. The average Bonchev–Trinajstić information content (AvgIpc) is 2.46. The molecule has 0 fully saturated rings. The molecule has 2 rings (SSSR count). The lowest BCUT2D eigenvalue weighted by Gasteiger charge is -2.21. The van der Waals surface area contributed by atoms with Crippen LogP contribution in [0.25, 0.3) is 0 Å². The van der Waals surface area contributed by atoms with E-state index in [1.165, 1.54) is 12.0 Å². The zero-order chi connectivity index (χ0) is 15.6. The van der Waals surface area contributed by atoms with Crippen LogP contribution in [-0.4, -0.2) is 19.1 Å². The number of thiocarbonyl (C=S) groups is 1. The molecule has 0 amide bonds. The van der Waals surface area contributed by atoms with Crippen LogP contribution in [0.2, 0.25) is 0 Å². The number of anilines is 2. The summed E-state index contributed by atoms with van der Waals surface area (Å²) < 4.78 is 33.4. The number of hydrogen-bond acceptors (Lipinski definition) is 3. The second-order valence-electron chi connectivity index (χ2n) is 4.41. The van der Waals surface area contributed by atoms with E-state index < -0.39 is 11.6 Å². The first-order chi connectivity index (χ1) is 9.93. The van der Waals surface area contributed by atoms with Crippen molar-refractivity contribution in [3.8, 4) is 5.75 Å². The minimum absolute atomic E-state index is 0.0524. The Hall–Kier alpha value is -2.21. The molecule has 0 aliphatic rings. The highest BCUT2D eigenvalue weighted by Gasteiger charge is 2.17. The van der Waals surface area contributed by atoms with Crippen molar-refractivity contribution < 1.29 is 13.5 Å². The topological polar surface area (TPSA) is 38.5 Å². The summed E-state index contributed by atoms with van der Waals surface area (Å²) in [5, 5.41) is 0. The van der Waals surface area contributed by atoms with Gasteiger partial charge in [0.15, 0.2) is 11.6 Å². The summed E-state index contributed by atoms with van der Waals surface area (Å²) in [6.45, 7) is 0. The number of hydrogen-bond donors (Lipinski definition) is 1. The largest absolute Gasteiger partial charge is 0.497 e. The lowest BCUT2D eigenvalue weighted by Crippen LogP contribution is -2.16. The zero-order valence-electron chi connectivity index (χ0n) is 11.6. The molecule has 2 N–H and O–H groups in total. The molecule has 0 saturated carbocycles. The minimum Gasteiger partial charge on any atom is -0.497 e. The monoisotopic (exact) mass is 308 g/mol. The van der Waals surface area contributed by atoms with Gasteiger partial charge in [-0.2, -0.15) is 0 Å². The number of rotatable bonds is 4. The van der Waals surface area contributed by atoms with E-state index in [0.717, 1.165) is 12.1 Å². The third-order valence-corrected chi connectivity index (χ3v) is 3.31. The Morgan fingerprint density at radius 1 is 1.19 bits per heavy atom.